The summed E-state index contributed by atoms with van der Waals surface area (Å²) in [6, 6.07) is 7.03. The molecular formula is C14H17N3O3. The van der Waals surface area contributed by atoms with Gasteiger partial charge in [0.1, 0.15) is 0 Å². The molecule has 1 aromatic heterocycles. The summed E-state index contributed by atoms with van der Waals surface area (Å²) in [6.45, 7) is 2.06. The third kappa shape index (κ3) is 3.64. The minimum Gasteiger partial charge on any atom is -0.396 e. The van der Waals surface area contributed by atoms with Crippen molar-refractivity contribution >= 4 is 5.91 Å². The van der Waals surface area contributed by atoms with E-state index < -0.39 is 0 Å². The second-order valence-corrected chi connectivity index (χ2v) is 4.57. The topological polar surface area (TPSA) is 88.2 Å². The minimum absolute atomic E-state index is 0.0338. The Labute approximate surface area is 116 Å². The van der Waals surface area contributed by atoms with Crippen molar-refractivity contribution < 1.29 is 14.4 Å². The van der Waals surface area contributed by atoms with Crippen molar-refractivity contribution in [1.29, 1.82) is 0 Å². The van der Waals surface area contributed by atoms with Crippen molar-refractivity contribution in [3.05, 3.63) is 36.2 Å². The zero-order valence-corrected chi connectivity index (χ0v) is 11.2. The number of hydrogen-bond donors (Lipinski definition) is 2. The van der Waals surface area contributed by atoms with Crippen LogP contribution in [-0.2, 0) is 0 Å². The summed E-state index contributed by atoms with van der Waals surface area (Å²) in [6.07, 6.45) is 2.69. The zero-order valence-electron chi connectivity index (χ0n) is 11.2. The van der Waals surface area contributed by atoms with Crippen molar-refractivity contribution in [3.8, 4) is 11.4 Å². The molecule has 0 saturated carbocycles. The van der Waals surface area contributed by atoms with Crippen LogP contribution in [0.1, 0.15) is 30.1 Å². The number of amides is 1. The van der Waals surface area contributed by atoms with Gasteiger partial charge in [0.05, 0.1) is 0 Å². The second kappa shape index (κ2) is 6.81. The van der Waals surface area contributed by atoms with Crippen LogP contribution in [0.3, 0.4) is 0 Å². The van der Waals surface area contributed by atoms with Gasteiger partial charge in [0.15, 0.2) is 0 Å². The highest BCUT2D eigenvalue weighted by Gasteiger charge is 2.10. The molecule has 2 rings (SSSR count). The van der Waals surface area contributed by atoms with Crippen LogP contribution in [0, 0.1) is 0 Å². The maximum Gasteiger partial charge on any atom is 0.251 e. The average molecular weight is 275 g/mol. The van der Waals surface area contributed by atoms with E-state index in [4.69, 9.17) is 5.11 Å². The molecule has 6 heteroatoms. The highest BCUT2D eigenvalue weighted by atomic mass is 16.5. The van der Waals surface area contributed by atoms with E-state index in [9.17, 15) is 4.79 Å². The molecular weight excluding hydrogens is 258 g/mol. The van der Waals surface area contributed by atoms with Gasteiger partial charge in [0, 0.05) is 23.8 Å². The summed E-state index contributed by atoms with van der Waals surface area (Å²) in [5.74, 6) is 0.364. The molecule has 0 aliphatic rings. The molecule has 0 aliphatic heterocycles. The largest absolute Gasteiger partial charge is 0.396 e. The first kappa shape index (κ1) is 14.2. The monoisotopic (exact) mass is 275 g/mol. The lowest BCUT2D eigenvalue weighted by Gasteiger charge is -2.13. The SMILES string of the molecule is CC(CCCO)NC(=O)c1ccc(-c2ncon2)cc1. The predicted molar refractivity (Wildman–Crippen MR) is 73.0 cm³/mol. The molecule has 1 amide bonds. The van der Waals surface area contributed by atoms with Gasteiger partial charge in [-0.3, -0.25) is 4.79 Å². The van der Waals surface area contributed by atoms with Crippen LogP contribution in [-0.4, -0.2) is 33.8 Å². The summed E-state index contributed by atoms with van der Waals surface area (Å²) < 4.78 is 4.68. The number of hydrogen-bond acceptors (Lipinski definition) is 5. The summed E-state index contributed by atoms with van der Waals surface area (Å²) in [5, 5.41) is 15.4. The number of aromatic nitrogens is 2. The van der Waals surface area contributed by atoms with Gasteiger partial charge in [0.25, 0.3) is 5.91 Å². The Hall–Kier alpha value is -2.21. The molecule has 1 unspecified atom stereocenters. The number of nitrogens with one attached hydrogen (secondary N) is 1. The molecule has 2 N–H and O–H groups in total. The van der Waals surface area contributed by atoms with Gasteiger partial charge < -0.3 is 14.9 Å². The first-order valence-corrected chi connectivity index (χ1v) is 6.49. The fraction of sp³-hybridized carbons (Fsp3) is 0.357. The molecule has 0 fully saturated rings. The highest BCUT2D eigenvalue weighted by molar-refractivity contribution is 5.94. The first-order chi connectivity index (χ1) is 9.70. The predicted octanol–water partition coefficient (Wildman–Crippen LogP) is 1.63. The van der Waals surface area contributed by atoms with Crippen molar-refractivity contribution in [2.45, 2.75) is 25.8 Å². The third-order valence-electron chi connectivity index (χ3n) is 2.94. The van der Waals surface area contributed by atoms with Gasteiger partial charge in [-0.05, 0) is 31.9 Å². The number of rotatable bonds is 6. The Morgan fingerprint density at radius 1 is 1.40 bits per heavy atom. The summed E-state index contributed by atoms with van der Waals surface area (Å²) >= 11 is 0. The molecule has 20 heavy (non-hydrogen) atoms. The van der Waals surface area contributed by atoms with Crippen LogP contribution < -0.4 is 5.32 Å². The number of benzene rings is 1. The fourth-order valence-electron chi connectivity index (χ4n) is 1.85. The van der Waals surface area contributed by atoms with E-state index in [0.717, 1.165) is 12.0 Å². The van der Waals surface area contributed by atoms with Gasteiger partial charge in [0.2, 0.25) is 12.2 Å². The first-order valence-electron chi connectivity index (χ1n) is 6.49. The molecule has 106 valence electrons. The van der Waals surface area contributed by atoms with Crippen molar-refractivity contribution in [2.24, 2.45) is 0 Å². The quantitative estimate of drug-likeness (QED) is 0.836. The highest BCUT2D eigenvalue weighted by Crippen LogP contribution is 2.15. The molecule has 0 bridgehead atoms. The zero-order chi connectivity index (χ0) is 14.4. The molecule has 0 radical (unpaired) electrons. The van der Waals surface area contributed by atoms with Gasteiger partial charge in [-0.15, -0.1) is 0 Å². The maximum atomic E-state index is 12.0. The molecule has 0 aliphatic carbocycles. The molecule has 0 saturated heterocycles. The summed E-state index contributed by atoms with van der Waals surface area (Å²) in [5.41, 5.74) is 1.37. The Morgan fingerprint density at radius 3 is 2.75 bits per heavy atom. The van der Waals surface area contributed by atoms with Gasteiger partial charge >= 0.3 is 0 Å². The normalized spacial score (nSPS) is 12.1. The minimum atomic E-state index is -0.130. The Bertz CT molecular complexity index is 537. The van der Waals surface area contributed by atoms with Crippen molar-refractivity contribution in [1.82, 2.24) is 15.5 Å². The standard InChI is InChI=1S/C14H17N3O3/c1-10(3-2-8-18)16-14(19)12-6-4-11(5-7-12)13-15-9-20-17-13/h4-7,9-10,18H,2-3,8H2,1H3,(H,16,19). The van der Waals surface area contributed by atoms with Gasteiger partial charge in [-0.25, -0.2) is 0 Å². The smallest absolute Gasteiger partial charge is 0.251 e. The van der Waals surface area contributed by atoms with Crippen molar-refractivity contribution in [3.63, 3.8) is 0 Å². The van der Waals surface area contributed by atoms with E-state index in [1.165, 1.54) is 6.39 Å². The lowest BCUT2D eigenvalue weighted by molar-refractivity contribution is 0.0936. The van der Waals surface area contributed by atoms with Crippen LogP contribution in [0.2, 0.25) is 0 Å². The lowest BCUT2D eigenvalue weighted by atomic mass is 10.1. The lowest BCUT2D eigenvalue weighted by Crippen LogP contribution is -2.32. The third-order valence-corrected chi connectivity index (χ3v) is 2.94. The van der Waals surface area contributed by atoms with E-state index >= 15 is 0 Å². The molecule has 6 nitrogen and oxygen atoms in total. The van der Waals surface area contributed by atoms with E-state index in [2.05, 4.69) is 20.0 Å². The second-order valence-electron chi connectivity index (χ2n) is 4.57. The fourth-order valence-corrected chi connectivity index (χ4v) is 1.85. The van der Waals surface area contributed by atoms with Crippen molar-refractivity contribution in [2.75, 3.05) is 6.61 Å². The van der Waals surface area contributed by atoms with Crippen LogP contribution >= 0.6 is 0 Å². The number of nitrogens with zero attached hydrogens (tertiary/aromatic N) is 2. The molecule has 1 heterocycles. The number of aliphatic hydroxyl groups is 1. The van der Waals surface area contributed by atoms with E-state index in [-0.39, 0.29) is 18.6 Å². The number of aliphatic hydroxyl groups excluding tert-OH is 1. The summed E-state index contributed by atoms with van der Waals surface area (Å²) in [7, 11) is 0. The molecule has 2 aromatic rings. The Morgan fingerprint density at radius 2 is 2.15 bits per heavy atom. The van der Waals surface area contributed by atoms with Crippen LogP contribution in [0.15, 0.2) is 35.2 Å². The Balaban J connectivity index is 1.97. The van der Waals surface area contributed by atoms with E-state index in [1.807, 2.05) is 6.92 Å². The van der Waals surface area contributed by atoms with Gasteiger partial charge in [-0.1, -0.05) is 17.3 Å². The van der Waals surface area contributed by atoms with Crippen LogP contribution in [0.25, 0.3) is 11.4 Å². The van der Waals surface area contributed by atoms with E-state index in [0.29, 0.717) is 17.8 Å². The average Bonchev–Trinajstić information content (AvgIpc) is 2.99. The number of carbonyl (C=O) groups is 1. The maximum absolute atomic E-state index is 12.0. The molecule has 1 aromatic carbocycles. The van der Waals surface area contributed by atoms with Crippen LogP contribution in [0.4, 0.5) is 0 Å². The van der Waals surface area contributed by atoms with Crippen LogP contribution in [0.5, 0.6) is 0 Å². The number of carbonyl (C=O) groups excluding carboxylic acids is 1. The Kier molecular flexibility index (Phi) is 4.84. The van der Waals surface area contributed by atoms with Gasteiger partial charge in [-0.2, -0.15) is 4.98 Å². The summed E-state index contributed by atoms with van der Waals surface area (Å²) in [4.78, 5) is 15.9. The molecule has 1 atom stereocenters. The molecule has 0 spiro atoms. The van der Waals surface area contributed by atoms with E-state index in [1.54, 1.807) is 24.3 Å².